The number of nitrogens with one attached hydrogen (secondary N) is 1. The molecule has 2 heterocycles. The third-order valence-corrected chi connectivity index (χ3v) is 3.29. The lowest BCUT2D eigenvalue weighted by atomic mass is 10.2. The van der Waals surface area contributed by atoms with Crippen LogP contribution in [0.2, 0.25) is 0 Å². The molecule has 0 radical (unpaired) electrons. The minimum Gasteiger partial charge on any atom is -0.477 e. The largest absolute Gasteiger partial charge is 0.477 e. The number of ether oxygens (including phenoxy) is 1. The Bertz CT molecular complexity index is 901. The van der Waals surface area contributed by atoms with E-state index in [0.29, 0.717) is 18.1 Å². The van der Waals surface area contributed by atoms with Gasteiger partial charge in [0.1, 0.15) is 17.5 Å². The first-order chi connectivity index (χ1) is 11.2. The van der Waals surface area contributed by atoms with Crippen LogP contribution < -0.4 is 15.8 Å². The summed E-state index contributed by atoms with van der Waals surface area (Å²) in [6, 6.07) is 13.3. The molecule has 114 valence electrons. The second kappa shape index (κ2) is 6.20. The highest BCUT2D eigenvalue weighted by Crippen LogP contribution is 2.27. The molecule has 3 N–H and O–H groups in total. The summed E-state index contributed by atoms with van der Waals surface area (Å²) in [7, 11) is 0. The molecule has 0 saturated carbocycles. The molecule has 23 heavy (non-hydrogen) atoms. The van der Waals surface area contributed by atoms with Crippen molar-refractivity contribution in [1.29, 1.82) is 5.26 Å². The first-order valence-corrected chi connectivity index (χ1v) is 7.16. The van der Waals surface area contributed by atoms with E-state index in [9.17, 15) is 0 Å². The van der Waals surface area contributed by atoms with Crippen LogP contribution in [0, 0.1) is 11.3 Å². The normalized spacial score (nSPS) is 10.3. The number of nitrogens with zero attached hydrogens (tertiary/aromatic N) is 3. The zero-order valence-corrected chi connectivity index (χ0v) is 12.6. The van der Waals surface area contributed by atoms with Crippen molar-refractivity contribution < 1.29 is 4.74 Å². The minimum atomic E-state index is 0.236. The number of hydrogen-bond donors (Lipinski definition) is 2. The van der Waals surface area contributed by atoms with E-state index in [2.05, 4.69) is 15.3 Å². The molecule has 0 bridgehead atoms. The first-order valence-electron chi connectivity index (χ1n) is 7.16. The van der Waals surface area contributed by atoms with Gasteiger partial charge < -0.3 is 15.8 Å². The Kier molecular flexibility index (Phi) is 3.93. The van der Waals surface area contributed by atoms with Crippen LogP contribution in [0.15, 0.2) is 42.6 Å². The van der Waals surface area contributed by atoms with E-state index in [1.807, 2.05) is 43.3 Å². The van der Waals surface area contributed by atoms with Gasteiger partial charge in [0.25, 0.3) is 0 Å². The molecule has 0 atom stereocenters. The fraction of sp³-hybridized carbons (Fsp3) is 0.118. The number of nitrogens with two attached hydrogens (primary N) is 1. The summed E-state index contributed by atoms with van der Waals surface area (Å²) in [5.41, 5.74) is 8.26. The van der Waals surface area contributed by atoms with Gasteiger partial charge in [0.2, 0.25) is 5.88 Å². The second-order valence-electron chi connectivity index (χ2n) is 4.86. The van der Waals surface area contributed by atoms with Gasteiger partial charge in [-0.05, 0) is 31.2 Å². The van der Waals surface area contributed by atoms with Crippen molar-refractivity contribution in [2.45, 2.75) is 6.92 Å². The van der Waals surface area contributed by atoms with Crippen molar-refractivity contribution in [3.05, 3.63) is 48.2 Å². The molecule has 0 aliphatic carbocycles. The van der Waals surface area contributed by atoms with Crippen LogP contribution in [0.4, 0.5) is 17.2 Å². The van der Waals surface area contributed by atoms with Gasteiger partial charge >= 0.3 is 0 Å². The first kappa shape index (κ1) is 14.6. The Morgan fingerprint density at radius 2 is 2.17 bits per heavy atom. The zero-order valence-electron chi connectivity index (χ0n) is 12.6. The topological polar surface area (TPSA) is 96.8 Å². The van der Waals surface area contributed by atoms with Gasteiger partial charge in [0.05, 0.1) is 17.8 Å². The smallest absolute Gasteiger partial charge is 0.235 e. The number of anilines is 3. The number of nitrogen functional groups attached to an aromatic ring is 1. The molecule has 1 aromatic carbocycles. The van der Waals surface area contributed by atoms with Gasteiger partial charge in [-0.3, -0.25) is 4.98 Å². The molecule has 3 rings (SSSR count). The zero-order chi connectivity index (χ0) is 16.2. The molecule has 6 heteroatoms. The van der Waals surface area contributed by atoms with Crippen LogP contribution in [0.3, 0.4) is 0 Å². The van der Waals surface area contributed by atoms with Crippen molar-refractivity contribution in [2.75, 3.05) is 17.7 Å². The monoisotopic (exact) mass is 305 g/mol. The Hall–Kier alpha value is -3.33. The van der Waals surface area contributed by atoms with Crippen molar-refractivity contribution in [3.63, 3.8) is 0 Å². The third kappa shape index (κ3) is 2.99. The van der Waals surface area contributed by atoms with Crippen molar-refractivity contribution in [3.8, 4) is 11.9 Å². The molecular formula is C17H15N5O. The number of fused-ring (bicyclic) bond motifs is 1. The van der Waals surface area contributed by atoms with Gasteiger partial charge in [0, 0.05) is 23.3 Å². The summed E-state index contributed by atoms with van der Waals surface area (Å²) in [5, 5.41) is 13.3. The number of hydrogen-bond acceptors (Lipinski definition) is 6. The molecule has 0 aliphatic heterocycles. The molecule has 0 amide bonds. The van der Waals surface area contributed by atoms with Gasteiger partial charge in [-0.2, -0.15) is 10.2 Å². The van der Waals surface area contributed by atoms with Crippen LogP contribution in [0.1, 0.15) is 12.5 Å². The average Bonchev–Trinajstić information content (AvgIpc) is 2.55. The van der Waals surface area contributed by atoms with Crippen LogP contribution >= 0.6 is 0 Å². The summed E-state index contributed by atoms with van der Waals surface area (Å²) in [6.45, 7) is 2.24. The number of benzene rings is 1. The van der Waals surface area contributed by atoms with E-state index >= 15 is 0 Å². The van der Waals surface area contributed by atoms with E-state index in [4.69, 9.17) is 15.7 Å². The molecular weight excluding hydrogens is 290 g/mol. The Morgan fingerprint density at radius 1 is 1.30 bits per heavy atom. The highest BCUT2D eigenvalue weighted by atomic mass is 16.5. The number of rotatable bonds is 4. The third-order valence-electron chi connectivity index (χ3n) is 3.29. The van der Waals surface area contributed by atoms with Crippen LogP contribution in [-0.2, 0) is 0 Å². The van der Waals surface area contributed by atoms with Crippen molar-refractivity contribution in [2.24, 2.45) is 0 Å². The maximum Gasteiger partial charge on any atom is 0.235 e. The Balaban J connectivity index is 1.96. The second-order valence-corrected chi connectivity index (χ2v) is 4.86. The quantitative estimate of drug-likeness (QED) is 0.768. The van der Waals surface area contributed by atoms with E-state index < -0.39 is 0 Å². The summed E-state index contributed by atoms with van der Waals surface area (Å²) in [5.74, 6) is 0.758. The molecule has 0 fully saturated rings. The summed E-state index contributed by atoms with van der Waals surface area (Å²) in [6.07, 6.45) is 1.76. The van der Waals surface area contributed by atoms with E-state index in [-0.39, 0.29) is 11.4 Å². The molecule has 0 aliphatic rings. The SMILES string of the molecule is CCOc1nc(Nc2ccc3ncccc3c2)cc(N)c1C#N. The van der Waals surface area contributed by atoms with Gasteiger partial charge in [-0.25, -0.2) is 0 Å². The Morgan fingerprint density at radius 3 is 2.96 bits per heavy atom. The van der Waals surface area contributed by atoms with Crippen molar-refractivity contribution in [1.82, 2.24) is 9.97 Å². The maximum atomic E-state index is 9.15. The summed E-state index contributed by atoms with van der Waals surface area (Å²) >= 11 is 0. The molecule has 3 aromatic rings. The predicted octanol–water partition coefficient (Wildman–Crippen LogP) is 3.23. The fourth-order valence-corrected chi connectivity index (χ4v) is 2.26. The average molecular weight is 305 g/mol. The van der Waals surface area contributed by atoms with Gasteiger partial charge in [0.15, 0.2) is 0 Å². The van der Waals surface area contributed by atoms with E-state index in [0.717, 1.165) is 16.6 Å². The number of nitriles is 1. The Labute approximate surface area is 133 Å². The molecule has 0 unspecified atom stereocenters. The maximum absolute atomic E-state index is 9.15. The molecule has 0 spiro atoms. The standard InChI is InChI=1S/C17H15N5O/c1-2-23-17-13(10-18)14(19)9-16(22-17)21-12-5-6-15-11(8-12)4-3-7-20-15/h3-9H,2H2,1H3,(H3,19,21,22). The van der Waals surface area contributed by atoms with Crippen LogP contribution in [0.5, 0.6) is 5.88 Å². The molecule has 6 nitrogen and oxygen atoms in total. The molecule has 2 aromatic heterocycles. The lowest BCUT2D eigenvalue weighted by Gasteiger charge is -2.11. The van der Waals surface area contributed by atoms with Crippen LogP contribution in [0.25, 0.3) is 10.9 Å². The van der Waals surface area contributed by atoms with E-state index in [1.165, 1.54) is 0 Å². The highest BCUT2D eigenvalue weighted by Gasteiger charge is 2.12. The van der Waals surface area contributed by atoms with E-state index in [1.54, 1.807) is 12.3 Å². The summed E-state index contributed by atoms with van der Waals surface area (Å²) < 4.78 is 5.39. The number of aromatic nitrogens is 2. The van der Waals surface area contributed by atoms with Gasteiger partial charge in [-0.15, -0.1) is 0 Å². The van der Waals surface area contributed by atoms with Crippen molar-refractivity contribution >= 4 is 28.1 Å². The number of pyridine rings is 2. The predicted molar refractivity (Wildman–Crippen MR) is 89.6 cm³/mol. The lowest BCUT2D eigenvalue weighted by Crippen LogP contribution is -2.04. The highest BCUT2D eigenvalue weighted by molar-refractivity contribution is 5.83. The van der Waals surface area contributed by atoms with Gasteiger partial charge in [-0.1, -0.05) is 6.07 Å². The fourth-order valence-electron chi connectivity index (χ4n) is 2.26. The van der Waals surface area contributed by atoms with Crippen LogP contribution in [-0.4, -0.2) is 16.6 Å². The lowest BCUT2D eigenvalue weighted by molar-refractivity contribution is 0.326. The minimum absolute atomic E-state index is 0.236. The molecule has 0 saturated heterocycles. The summed E-state index contributed by atoms with van der Waals surface area (Å²) in [4.78, 5) is 8.60.